The van der Waals surface area contributed by atoms with Crippen molar-refractivity contribution in [2.45, 2.75) is 29.9 Å². The second-order valence-electron chi connectivity index (χ2n) is 7.77. The van der Waals surface area contributed by atoms with Crippen LogP contribution in [0.5, 0.6) is 0 Å². The number of nitrogens with one attached hydrogen (secondary N) is 2. The summed E-state index contributed by atoms with van der Waals surface area (Å²) in [5.41, 5.74) is 7.78. The topological polar surface area (TPSA) is 71.8 Å². The summed E-state index contributed by atoms with van der Waals surface area (Å²) in [4.78, 5) is 13.3. The summed E-state index contributed by atoms with van der Waals surface area (Å²) in [7, 11) is 0. The van der Waals surface area contributed by atoms with Gasteiger partial charge in [-0.25, -0.2) is 4.68 Å². The summed E-state index contributed by atoms with van der Waals surface area (Å²) in [6.45, 7) is 2.54. The molecule has 3 aromatic carbocycles. The standard InChI is InChI=1S/C25H23N5OS/c1-17-12-14-18(15-13-17)16-26-24(31)22-21(19-8-4-2-5-9-19)29-30-23(27-28-25(30)32-22)20-10-6-3-7-11-20/h2-15,21-22,29H,16H2,1H3,(H,26,31)/t21-,22+/m1/s1. The molecule has 2 heterocycles. The Kier molecular flexibility index (Phi) is 5.64. The van der Waals surface area contributed by atoms with Gasteiger partial charge in [-0.2, -0.15) is 0 Å². The molecule has 160 valence electrons. The number of fused-ring (bicyclic) bond motifs is 1. The number of thioether (sulfide) groups is 1. The molecular weight excluding hydrogens is 418 g/mol. The second kappa shape index (κ2) is 8.88. The Bertz CT molecular complexity index is 1210. The number of carbonyl (C=O) groups is 1. The van der Waals surface area contributed by atoms with E-state index in [2.05, 4.69) is 40.0 Å². The second-order valence-corrected chi connectivity index (χ2v) is 8.88. The van der Waals surface area contributed by atoms with Gasteiger partial charge in [0.1, 0.15) is 5.25 Å². The predicted octanol–water partition coefficient (Wildman–Crippen LogP) is 4.33. The lowest BCUT2D eigenvalue weighted by Crippen LogP contribution is -2.43. The van der Waals surface area contributed by atoms with Crippen LogP contribution in [0.3, 0.4) is 0 Å². The maximum absolute atomic E-state index is 13.3. The molecular formula is C25H23N5OS. The molecule has 1 amide bonds. The Morgan fingerprint density at radius 1 is 0.969 bits per heavy atom. The normalized spacial score (nSPS) is 17.3. The van der Waals surface area contributed by atoms with Crippen LogP contribution in [0.1, 0.15) is 22.7 Å². The van der Waals surface area contributed by atoms with Crippen LogP contribution in [0.4, 0.5) is 0 Å². The molecule has 0 aliphatic carbocycles. The average Bonchev–Trinajstić information content (AvgIpc) is 3.27. The Hall–Kier alpha value is -3.58. The van der Waals surface area contributed by atoms with Crippen LogP contribution in [0.25, 0.3) is 11.4 Å². The molecule has 32 heavy (non-hydrogen) atoms. The van der Waals surface area contributed by atoms with Gasteiger partial charge in [0.25, 0.3) is 0 Å². The van der Waals surface area contributed by atoms with Crippen molar-refractivity contribution >= 4 is 17.7 Å². The van der Waals surface area contributed by atoms with Gasteiger partial charge in [-0.15, -0.1) is 10.2 Å². The fourth-order valence-electron chi connectivity index (χ4n) is 3.74. The van der Waals surface area contributed by atoms with Gasteiger partial charge in [0.05, 0.1) is 6.04 Å². The van der Waals surface area contributed by atoms with Crippen molar-refractivity contribution in [3.63, 3.8) is 0 Å². The summed E-state index contributed by atoms with van der Waals surface area (Å²) >= 11 is 1.44. The zero-order valence-electron chi connectivity index (χ0n) is 17.6. The number of carbonyl (C=O) groups excluding carboxylic acids is 1. The molecule has 0 radical (unpaired) electrons. The summed E-state index contributed by atoms with van der Waals surface area (Å²) in [6.07, 6.45) is 0. The minimum absolute atomic E-state index is 0.0348. The smallest absolute Gasteiger partial charge is 0.236 e. The van der Waals surface area contributed by atoms with Gasteiger partial charge < -0.3 is 10.7 Å². The van der Waals surface area contributed by atoms with E-state index in [0.29, 0.717) is 11.7 Å². The van der Waals surface area contributed by atoms with Crippen LogP contribution < -0.4 is 10.7 Å². The molecule has 0 unspecified atom stereocenters. The van der Waals surface area contributed by atoms with Crippen molar-refractivity contribution in [3.8, 4) is 11.4 Å². The van der Waals surface area contributed by atoms with E-state index in [1.807, 2.05) is 77.5 Å². The molecule has 0 fully saturated rings. The summed E-state index contributed by atoms with van der Waals surface area (Å²) < 4.78 is 1.89. The van der Waals surface area contributed by atoms with E-state index in [0.717, 1.165) is 22.5 Å². The fraction of sp³-hybridized carbons (Fsp3) is 0.160. The molecule has 1 aromatic heterocycles. The van der Waals surface area contributed by atoms with E-state index in [1.54, 1.807) is 0 Å². The predicted molar refractivity (Wildman–Crippen MR) is 127 cm³/mol. The molecule has 2 N–H and O–H groups in total. The minimum Gasteiger partial charge on any atom is -0.351 e. The molecule has 5 rings (SSSR count). The molecule has 7 heteroatoms. The van der Waals surface area contributed by atoms with Gasteiger partial charge >= 0.3 is 0 Å². The number of hydrogen-bond acceptors (Lipinski definition) is 5. The van der Waals surface area contributed by atoms with Crippen LogP contribution >= 0.6 is 11.8 Å². The first-order chi connectivity index (χ1) is 15.7. The molecule has 1 aliphatic heterocycles. The molecule has 0 bridgehead atoms. The van der Waals surface area contributed by atoms with Gasteiger partial charge in [-0.05, 0) is 18.1 Å². The van der Waals surface area contributed by atoms with E-state index in [4.69, 9.17) is 0 Å². The van der Waals surface area contributed by atoms with Crippen LogP contribution in [0, 0.1) is 6.92 Å². The van der Waals surface area contributed by atoms with E-state index in [1.165, 1.54) is 17.3 Å². The third kappa shape index (κ3) is 4.11. The first-order valence-corrected chi connectivity index (χ1v) is 11.4. The third-order valence-electron chi connectivity index (χ3n) is 5.47. The molecule has 0 saturated heterocycles. The first kappa shape index (κ1) is 20.3. The molecule has 4 aromatic rings. The quantitative estimate of drug-likeness (QED) is 0.482. The van der Waals surface area contributed by atoms with Crippen LogP contribution in [-0.2, 0) is 11.3 Å². The van der Waals surface area contributed by atoms with Crippen molar-refractivity contribution < 1.29 is 4.79 Å². The van der Waals surface area contributed by atoms with E-state index >= 15 is 0 Å². The van der Waals surface area contributed by atoms with Crippen molar-refractivity contribution in [2.75, 3.05) is 5.43 Å². The summed E-state index contributed by atoms with van der Waals surface area (Å²) in [6, 6.07) is 27.9. The monoisotopic (exact) mass is 441 g/mol. The summed E-state index contributed by atoms with van der Waals surface area (Å²) in [5, 5.41) is 12.1. The van der Waals surface area contributed by atoms with Crippen molar-refractivity contribution in [1.29, 1.82) is 0 Å². The van der Waals surface area contributed by atoms with E-state index in [9.17, 15) is 4.79 Å². The van der Waals surface area contributed by atoms with Gasteiger partial charge in [0.2, 0.25) is 11.1 Å². The van der Waals surface area contributed by atoms with E-state index < -0.39 is 0 Å². The lowest BCUT2D eigenvalue weighted by Gasteiger charge is -2.33. The lowest BCUT2D eigenvalue weighted by molar-refractivity contribution is -0.121. The number of rotatable bonds is 5. The summed E-state index contributed by atoms with van der Waals surface area (Å²) in [5.74, 6) is 0.694. The number of aryl methyl sites for hydroxylation is 1. The Morgan fingerprint density at radius 2 is 1.66 bits per heavy atom. The number of hydrogen-bond donors (Lipinski definition) is 2. The highest BCUT2D eigenvalue weighted by atomic mass is 32.2. The molecule has 0 spiro atoms. The molecule has 6 nitrogen and oxygen atoms in total. The molecule has 1 aliphatic rings. The molecule has 2 atom stereocenters. The van der Waals surface area contributed by atoms with Crippen molar-refractivity contribution in [2.24, 2.45) is 0 Å². The number of benzene rings is 3. The van der Waals surface area contributed by atoms with Gasteiger partial charge in [-0.1, -0.05) is 102 Å². The average molecular weight is 442 g/mol. The highest BCUT2D eigenvalue weighted by molar-refractivity contribution is 8.00. The van der Waals surface area contributed by atoms with E-state index in [-0.39, 0.29) is 17.2 Å². The maximum Gasteiger partial charge on any atom is 0.236 e. The largest absolute Gasteiger partial charge is 0.351 e. The highest BCUT2D eigenvalue weighted by Crippen LogP contribution is 2.38. The first-order valence-electron chi connectivity index (χ1n) is 10.5. The van der Waals surface area contributed by atoms with Crippen LogP contribution in [-0.4, -0.2) is 26.0 Å². The van der Waals surface area contributed by atoms with Gasteiger partial charge in [0, 0.05) is 12.1 Å². The Morgan fingerprint density at radius 3 is 2.38 bits per heavy atom. The molecule has 0 saturated carbocycles. The number of aromatic nitrogens is 3. The number of amides is 1. The zero-order valence-corrected chi connectivity index (χ0v) is 18.4. The van der Waals surface area contributed by atoms with Crippen LogP contribution in [0.15, 0.2) is 90.1 Å². The van der Waals surface area contributed by atoms with Gasteiger partial charge in [-0.3, -0.25) is 4.79 Å². The Labute approximate surface area is 191 Å². The van der Waals surface area contributed by atoms with Gasteiger partial charge in [0.15, 0.2) is 5.82 Å². The third-order valence-corrected chi connectivity index (χ3v) is 6.69. The zero-order chi connectivity index (χ0) is 21.9. The van der Waals surface area contributed by atoms with Crippen molar-refractivity contribution in [3.05, 3.63) is 102 Å². The number of nitrogens with zero attached hydrogens (tertiary/aromatic N) is 3. The lowest BCUT2D eigenvalue weighted by atomic mass is 10.0. The van der Waals surface area contributed by atoms with Crippen molar-refractivity contribution in [1.82, 2.24) is 20.2 Å². The Balaban J connectivity index is 1.43. The highest BCUT2D eigenvalue weighted by Gasteiger charge is 2.37. The fourth-order valence-corrected chi connectivity index (χ4v) is 4.84. The minimum atomic E-state index is -0.386. The SMILES string of the molecule is Cc1ccc(CNC(=O)[C@H]2Sc3nnc(-c4ccccc4)n3N[C@@H]2c2ccccc2)cc1. The van der Waals surface area contributed by atoms with Crippen LogP contribution in [0.2, 0.25) is 0 Å². The maximum atomic E-state index is 13.3.